The van der Waals surface area contributed by atoms with Gasteiger partial charge in [-0.05, 0) is 32.2 Å². The lowest BCUT2D eigenvalue weighted by Crippen LogP contribution is -2.51. The first-order valence-corrected chi connectivity index (χ1v) is 7.46. The Hall–Kier alpha value is -1.69. The quantitative estimate of drug-likeness (QED) is 0.842. The van der Waals surface area contributed by atoms with E-state index in [1.165, 1.54) is 32.2 Å². The summed E-state index contributed by atoms with van der Waals surface area (Å²) >= 11 is 0. The summed E-state index contributed by atoms with van der Waals surface area (Å²) in [5.41, 5.74) is 1.29. The fourth-order valence-corrected chi connectivity index (χ4v) is 3.74. The standard InChI is InChI=1S/C14H20N6/c1-3-14(9-15-5-1)4-2-7-19(10-14)12-13-18-17-11-20(13)8-6-16-12/h6,8,11,15H,1-5,7,9-10H2. The van der Waals surface area contributed by atoms with Crippen LogP contribution >= 0.6 is 0 Å². The topological polar surface area (TPSA) is 58.4 Å². The predicted molar refractivity (Wildman–Crippen MR) is 76.8 cm³/mol. The summed E-state index contributed by atoms with van der Waals surface area (Å²) in [6.45, 7) is 4.46. The third-order valence-corrected chi connectivity index (χ3v) is 4.72. The molecule has 1 unspecified atom stereocenters. The van der Waals surface area contributed by atoms with Crippen LogP contribution in [0.3, 0.4) is 0 Å². The zero-order chi connectivity index (χ0) is 13.4. The van der Waals surface area contributed by atoms with Gasteiger partial charge in [0.15, 0.2) is 5.82 Å². The van der Waals surface area contributed by atoms with Crippen LogP contribution in [-0.4, -0.2) is 45.8 Å². The van der Waals surface area contributed by atoms with Gasteiger partial charge in [-0.25, -0.2) is 4.98 Å². The number of hydrogen-bond donors (Lipinski definition) is 1. The summed E-state index contributed by atoms with van der Waals surface area (Å²) in [7, 11) is 0. The third-order valence-electron chi connectivity index (χ3n) is 4.72. The van der Waals surface area contributed by atoms with Crippen LogP contribution in [-0.2, 0) is 0 Å². The van der Waals surface area contributed by atoms with E-state index in [-0.39, 0.29) is 0 Å². The minimum atomic E-state index is 0.422. The van der Waals surface area contributed by atoms with Crippen molar-refractivity contribution in [1.82, 2.24) is 24.9 Å². The zero-order valence-electron chi connectivity index (χ0n) is 11.6. The highest BCUT2D eigenvalue weighted by molar-refractivity contribution is 5.63. The number of hydrogen-bond acceptors (Lipinski definition) is 5. The van der Waals surface area contributed by atoms with E-state index in [4.69, 9.17) is 0 Å². The molecule has 2 aromatic rings. The van der Waals surface area contributed by atoms with Gasteiger partial charge in [-0.15, -0.1) is 10.2 Å². The summed E-state index contributed by atoms with van der Waals surface area (Å²) in [4.78, 5) is 6.97. The van der Waals surface area contributed by atoms with E-state index in [1.54, 1.807) is 6.33 Å². The molecule has 0 radical (unpaired) electrons. The van der Waals surface area contributed by atoms with Gasteiger partial charge in [0.1, 0.15) is 6.33 Å². The summed E-state index contributed by atoms with van der Waals surface area (Å²) in [5.74, 6) is 0.981. The van der Waals surface area contributed by atoms with Crippen LogP contribution in [0.5, 0.6) is 0 Å². The smallest absolute Gasteiger partial charge is 0.203 e. The SMILES string of the molecule is c1cn2cnnc2c(N2CCCC3(CCCNC3)C2)n1. The molecule has 2 fully saturated rings. The van der Waals surface area contributed by atoms with Crippen LogP contribution < -0.4 is 10.2 Å². The molecule has 6 nitrogen and oxygen atoms in total. The summed E-state index contributed by atoms with van der Waals surface area (Å²) < 4.78 is 1.95. The molecular formula is C14H20N6. The van der Waals surface area contributed by atoms with Gasteiger partial charge in [-0.3, -0.25) is 4.40 Å². The maximum atomic E-state index is 4.56. The highest BCUT2D eigenvalue weighted by atomic mass is 15.3. The van der Waals surface area contributed by atoms with Gasteiger partial charge in [0.25, 0.3) is 0 Å². The maximum absolute atomic E-state index is 4.56. The molecule has 2 saturated heterocycles. The second kappa shape index (κ2) is 4.70. The van der Waals surface area contributed by atoms with E-state index >= 15 is 0 Å². The van der Waals surface area contributed by atoms with Crippen molar-refractivity contribution in [3.8, 4) is 0 Å². The maximum Gasteiger partial charge on any atom is 0.203 e. The van der Waals surface area contributed by atoms with Gasteiger partial charge in [-0.1, -0.05) is 0 Å². The number of nitrogens with zero attached hydrogens (tertiary/aromatic N) is 5. The summed E-state index contributed by atoms with van der Waals surface area (Å²) in [6, 6.07) is 0. The van der Waals surface area contributed by atoms with Crippen molar-refractivity contribution in [3.63, 3.8) is 0 Å². The first kappa shape index (κ1) is 12.1. The van der Waals surface area contributed by atoms with E-state index in [0.717, 1.165) is 31.1 Å². The van der Waals surface area contributed by atoms with Crippen LogP contribution in [0.1, 0.15) is 25.7 Å². The molecule has 1 N–H and O–H groups in total. The lowest BCUT2D eigenvalue weighted by molar-refractivity contribution is 0.173. The van der Waals surface area contributed by atoms with Gasteiger partial charge in [0.2, 0.25) is 5.65 Å². The van der Waals surface area contributed by atoms with Crippen LogP contribution in [0, 0.1) is 5.41 Å². The number of nitrogens with one attached hydrogen (secondary N) is 1. The Kier molecular flexibility index (Phi) is 2.84. The van der Waals surface area contributed by atoms with Crippen molar-refractivity contribution in [2.75, 3.05) is 31.1 Å². The Balaban J connectivity index is 1.66. The van der Waals surface area contributed by atoms with Gasteiger partial charge < -0.3 is 10.2 Å². The number of fused-ring (bicyclic) bond motifs is 1. The Morgan fingerprint density at radius 1 is 1.25 bits per heavy atom. The van der Waals surface area contributed by atoms with E-state index in [2.05, 4.69) is 25.4 Å². The highest BCUT2D eigenvalue weighted by Crippen LogP contribution is 2.37. The van der Waals surface area contributed by atoms with Gasteiger partial charge >= 0.3 is 0 Å². The van der Waals surface area contributed by atoms with Crippen LogP contribution in [0.4, 0.5) is 5.82 Å². The molecule has 0 aromatic carbocycles. The molecule has 4 rings (SSSR count). The Labute approximate surface area is 118 Å². The minimum absolute atomic E-state index is 0.422. The summed E-state index contributed by atoms with van der Waals surface area (Å²) in [5, 5.41) is 11.8. The Morgan fingerprint density at radius 3 is 3.10 bits per heavy atom. The van der Waals surface area contributed by atoms with E-state index in [1.807, 2.05) is 16.8 Å². The molecule has 106 valence electrons. The van der Waals surface area contributed by atoms with Crippen molar-refractivity contribution >= 4 is 11.5 Å². The molecule has 2 aliphatic heterocycles. The number of anilines is 1. The highest BCUT2D eigenvalue weighted by Gasteiger charge is 2.37. The number of rotatable bonds is 1. The molecule has 0 aliphatic carbocycles. The van der Waals surface area contributed by atoms with E-state index < -0.39 is 0 Å². The van der Waals surface area contributed by atoms with Gasteiger partial charge in [-0.2, -0.15) is 0 Å². The van der Waals surface area contributed by atoms with Crippen molar-refractivity contribution < 1.29 is 0 Å². The Morgan fingerprint density at radius 2 is 2.20 bits per heavy atom. The van der Waals surface area contributed by atoms with Gasteiger partial charge in [0, 0.05) is 37.4 Å². The number of aromatic nitrogens is 4. The molecule has 1 atom stereocenters. The normalized spacial score (nSPS) is 27.3. The van der Waals surface area contributed by atoms with E-state index in [0.29, 0.717) is 5.41 Å². The second-order valence-corrected chi connectivity index (χ2v) is 6.12. The van der Waals surface area contributed by atoms with Gasteiger partial charge in [0.05, 0.1) is 0 Å². The van der Waals surface area contributed by atoms with Crippen LogP contribution in [0.15, 0.2) is 18.7 Å². The average molecular weight is 272 g/mol. The molecule has 0 bridgehead atoms. The molecule has 2 aliphatic rings. The lowest BCUT2D eigenvalue weighted by atomic mass is 9.74. The van der Waals surface area contributed by atoms with Crippen molar-refractivity contribution in [3.05, 3.63) is 18.7 Å². The fraction of sp³-hybridized carbons (Fsp3) is 0.643. The minimum Gasteiger partial charge on any atom is -0.353 e. The van der Waals surface area contributed by atoms with Crippen LogP contribution in [0.25, 0.3) is 5.65 Å². The number of piperidine rings is 2. The largest absolute Gasteiger partial charge is 0.353 e. The molecule has 1 spiro atoms. The van der Waals surface area contributed by atoms with E-state index in [9.17, 15) is 0 Å². The first-order valence-electron chi connectivity index (χ1n) is 7.46. The fourth-order valence-electron chi connectivity index (χ4n) is 3.74. The molecular weight excluding hydrogens is 252 g/mol. The molecule has 4 heterocycles. The van der Waals surface area contributed by atoms with Crippen molar-refractivity contribution in [2.45, 2.75) is 25.7 Å². The first-order chi connectivity index (χ1) is 9.86. The molecule has 20 heavy (non-hydrogen) atoms. The molecule has 0 amide bonds. The monoisotopic (exact) mass is 272 g/mol. The Bertz CT molecular complexity index is 595. The lowest BCUT2D eigenvalue weighted by Gasteiger charge is -2.45. The average Bonchev–Trinajstić information content (AvgIpc) is 2.96. The molecule has 0 saturated carbocycles. The summed E-state index contributed by atoms with van der Waals surface area (Å²) in [6.07, 6.45) is 10.7. The third kappa shape index (κ3) is 1.95. The van der Waals surface area contributed by atoms with Crippen LogP contribution in [0.2, 0.25) is 0 Å². The molecule has 2 aromatic heterocycles. The van der Waals surface area contributed by atoms with Crippen molar-refractivity contribution in [2.24, 2.45) is 5.41 Å². The zero-order valence-corrected chi connectivity index (χ0v) is 11.6. The molecule has 6 heteroatoms. The second-order valence-electron chi connectivity index (χ2n) is 6.12. The predicted octanol–water partition coefficient (Wildman–Crippen LogP) is 1.09. The van der Waals surface area contributed by atoms with Crippen molar-refractivity contribution in [1.29, 1.82) is 0 Å².